The van der Waals surface area contributed by atoms with Gasteiger partial charge in [0.05, 0.1) is 7.11 Å². The van der Waals surface area contributed by atoms with Crippen LogP contribution in [0.5, 0.6) is 0 Å². The number of esters is 1. The Morgan fingerprint density at radius 2 is 2.00 bits per heavy atom. The number of methoxy groups -OCH3 is 1. The van der Waals surface area contributed by atoms with Crippen molar-refractivity contribution in [2.24, 2.45) is 5.92 Å². The van der Waals surface area contributed by atoms with Gasteiger partial charge >= 0.3 is 5.97 Å². The van der Waals surface area contributed by atoms with E-state index in [1.54, 1.807) is 0 Å². The summed E-state index contributed by atoms with van der Waals surface area (Å²) >= 11 is 0. The molecule has 0 aliphatic carbocycles. The Hall–Kier alpha value is -1.39. The second-order valence-corrected chi connectivity index (χ2v) is 5.52. The van der Waals surface area contributed by atoms with Crippen LogP contribution in [0.3, 0.4) is 0 Å². The summed E-state index contributed by atoms with van der Waals surface area (Å²) in [6, 6.07) is 9.41. The average Bonchev–Trinajstić information content (AvgIpc) is 2.50. The van der Waals surface area contributed by atoms with E-state index in [1.165, 1.54) is 20.0 Å². The number of piperidine rings is 1. The van der Waals surface area contributed by atoms with Gasteiger partial charge in [0.15, 0.2) is 0 Å². The first-order valence-corrected chi connectivity index (χ1v) is 7.25. The molecule has 1 aromatic rings. The Bertz CT molecular complexity index is 414. The van der Waals surface area contributed by atoms with Gasteiger partial charge in [0.1, 0.15) is 6.04 Å². The van der Waals surface area contributed by atoms with Crippen LogP contribution in [0.15, 0.2) is 30.3 Å². The molecule has 2 rings (SSSR count). The SMILES string of the molecule is COC(=O)C(NCC1CCN(C)CC1)c1ccccc1. The van der Waals surface area contributed by atoms with E-state index in [0.717, 1.165) is 25.2 Å². The number of likely N-dealkylation sites (tertiary alicyclic amines) is 1. The fourth-order valence-corrected chi connectivity index (χ4v) is 2.65. The molecule has 0 amide bonds. The van der Waals surface area contributed by atoms with E-state index >= 15 is 0 Å². The number of rotatable bonds is 5. The molecule has 0 saturated carbocycles. The summed E-state index contributed by atoms with van der Waals surface area (Å²) in [5.41, 5.74) is 0.965. The predicted molar refractivity (Wildman–Crippen MR) is 79.4 cm³/mol. The third-order valence-electron chi connectivity index (χ3n) is 4.02. The highest BCUT2D eigenvalue weighted by Crippen LogP contribution is 2.18. The number of benzene rings is 1. The summed E-state index contributed by atoms with van der Waals surface area (Å²) in [6.45, 7) is 3.14. The van der Waals surface area contributed by atoms with E-state index < -0.39 is 0 Å². The zero-order chi connectivity index (χ0) is 14.4. The molecule has 4 heteroatoms. The molecule has 1 aromatic carbocycles. The summed E-state index contributed by atoms with van der Waals surface area (Å²) in [5.74, 6) is 0.422. The number of carbonyl (C=O) groups is 1. The molecule has 1 heterocycles. The maximum atomic E-state index is 11.9. The van der Waals surface area contributed by atoms with E-state index in [9.17, 15) is 4.79 Å². The lowest BCUT2D eigenvalue weighted by molar-refractivity contribution is -0.143. The topological polar surface area (TPSA) is 41.6 Å². The average molecular weight is 276 g/mol. The van der Waals surface area contributed by atoms with Crippen molar-refractivity contribution in [3.8, 4) is 0 Å². The van der Waals surface area contributed by atoms with Gasteiger partial charge in [-0.15, -0.1) is 0 Å². The fraction of sp³-hybridized carbons (Fsp3) is 0.562. The van der Waals surface area contributed by atoms with Gasteiger partial charge in [-0.3, -0.25) is 0 Å². The van der Waals surface area contributed by atoms with Crippen LogP contribution < -0.4 is 5.32 Å². The molecular formula is C16H24N2O2. The summed E-state index contributed by atoms with van der Waals surface area (Å²) < 4.78 is 4.91. The largest absolute Gasteiger partial charge is 0.468 e. The molecule has 1 aliphatic heterocycles. The van der Waals surface area contributed by atoms with Gasteiger partial charge in [-0.25, -0.2) is 4.79 Å². The molecule has 1 N–H and O–H groups in total. The first-order chi connectivity index (χ1) is 9.70. The lowest BCUT2D eigenvalue weighted by Gasteiger charge is -2.30. The number of hydrogen-bond donors (Lipinski definition) is 1. The summed E-state index contributed by atoms with van der Waals surface area (Å²) in [7, 11) is 3.60. The third kappa shape index (κ3) is 4.05. The Morgan fingerprint density at radius 1 is 1.35 bits per heavy atom. The van der Waals surface area contributed by atoms with Crippen LogP contribution in [-0.4, -0.2) is 44.7 Å². The van der Waals surface area contributed by atoms with Crippen LogP contribution in [-0.2, 0) is 9.53 Å². The maximum absolute atomic E-state index is 11.9. The predicted octanol–water partition coefficient (Wildman–Crippen LogP) is 1.83. The van der Waals surface area contributed by atoms with Gasteiger partial charge in [0.25, 0.3) is 0 Å². The third-order valence-corrected chi connectivity index (χ3v) is 4.02. The maximum Gasteiger partial charge on any atom is 0.327 e. The van der Waals surface area contributed by atoms with Gasteiger partial charge in [0.2, 0.25) is 0 Å². The first-order valence-electron chi connectivity index (χ1n) is 7.25. The molecule has 0 aromatic heterocycles. The first kappa shape index (κ1) is 15.0. The number of ether oxygens (including phenoxy) is 1. The van der Waals surface area contributed by atoms with Crippen LogP contribution >= 0.6 is 0 Å². The molecule has 0 radical (unpaired) electrons. The molecule has 110 valence electrons. The Morgan fingerprint density at radius 3 is 2.60 bits per heavy atom. The molecule has 0 bridgehead atoms. The molecular weight excluding hydrogens is 252 g/mol. The monoisotopic (exact) mass is 276 g/mol. The van der Waals surface area contributed by atoms with Crippen LogP contribution in [0.4, 0.5) is 0 Å². The molecule has 0 spiro atoms. The van der Waals surface area contributed by atoms with Gasteiger partial charge in [-0.1, -0.05) is 30.3 Å². The van der Waals surface area contributed by atoms with Crippen molar-refractivity contribution in [2.45, 2.75) is 18.9 Å². The molecule has 1 aliphatic rings. The van der Waals surface area contributed by atoms with Crippen molar-refractivity contribution < 1.29 is 9.53 Å². The Kier molecular flexibility index (Phi) is 5.56. The van der Waals surface area contributed by atoms with E-state index in [0.29, 0.717) is 5.92 Å². The normalized spacial score (nSPS) is 18.7. The highest BCUT2D eigenvalue weighted by Gasteiger charge is 2.23. The summed E-state index contributed by atoms with van der Waals surface area (Å²) in [6.07, 6.45) is 2.37. The van der Waals surface area contributed by atoms with Crippen molar-refractivity contribution in [3.05, 3.63) is 35.9 Å². The lowest BCUT2D eigenvalue weighted by Crippen LogP contribution is -2.38. The Labute approximate surface area is 121 Å². The second-order valence-electron chi connectivity index (χ2n) is 5.52. The molecule has 1 saturated heterocycles. The quantitative estimate of drug-likeness (QED) is 0.833. The van der Waals surface area contributed by atoms with E-state index in [1.807, 2.05) is 30.3 Å². The smallest absolute Gasteiger partial charge is 0.327 e. The molecule has 1 unspecified atom stereocenters. The fourth-order valence-electron chi connectivity index (χ4n) is 2.65. The van der Waals surface area contributed by atoms with Gasteiger partial charge < -0.3 is 15.0 Å². The highest BCUT2D eigenvalue weighted by atomic mass is 16.5. The van der Waals surface area contributed by atoms with Crippen molar-refractivity contribution in [1.82, 2.24) is 10.2 Å². The van der Waals surface area contributed by atoms with E-state index in [2.05, 4.69) is 17.3 Å². The summed E-state index contributed by atoms with van der Waals surface area (Å²) in [5, 5.41) is 3.38. The van der Waals surface area contributed by atoms with Gasteiger partial charge in [-0.05, 0) is 51.0 Å². The second kappa shape index (κ2) is 7.41. The molecule has 1 atom stereocenters. The van der Waals surface area contributed by atoms with E-state index in [4.69, 9.17) is 4.74 Å². The standard InChI is InChI=1S/C16H24N2O2/c1-18-10-8-13(9-11-18)12-17-15(16(19)20-2)14-6-4-3-5-7-14/h3-7,13,15,17H,8-12H2,1-2H3. The minimum atomic E-state index is -0.360. The van der Waals surface area contributed by atoms with Crippen molar-refractivity contribution >= 4 is 5.97 Å². The number of nitrogens with one attached hydrogen (secondary N) is 1. The van der Waals surface area contributed by atoms with Crippen molar-refractivity contribution in [3.63, 3.8) is 0 Å². The zero-order valence-corrected chi connectivity index (χ0v) is 12.3. The zero-order valence-electron chi connectivity index (χ0n) is 12.3. The summed E-state index contributed by atoms with van der Waals surface area (Å²) in [4.78, 5) is 14.3. The minimum absolute atomic E-state index is 0.218. The van der Waals surface area contributed by atoms with E-state index in [-0.39, 0.29) is 12.0 Å². The molecule has 4 nitrogen and oxygen atoms in total. The highest BCUT2D eigenvalue weighted by molar-refractivity contribution is 5.77. The lowest BCUT2D eigenvalue weighted by atomic mass is 9.96. The van der Waals surface area contributed by atoms with Crippen LogP contribution in [0.2, 0.25) is 0 Å². The minimum Gasteiger partial charge on any atom is -0.468 e. The number of nitrogens with zero attached hydrogens (tertiary/aromatic N) is 1. The van der Waals surface area contributed by atoms with Gasteiger partial charge in [-0.2, -0.15) is 0 Å². The number of carbonyl (C=O) groups excluding carboxylic acids is 1. The van der Waals surface area contributed by atoms with Crippen LogP contribution in [0, 0.1) is 5.92 Å². The van der Waals surface area contributed by atoms with Gasteiger partial charge in [0, 0.05) is 0 Å². The van der Waals surface area contributed by atoms with Crippen molar-refractivity contribution in [1.29, 1.82) is 0 Å². The van der Waals surface area contributed by atoms with Crippen LogP contribution in [0.25, 0.3) is 0 Å². The Balaban J connectivity index is 1.93. The van der Waals surface area contributed by atoms with Crippen molar-refractivity contribution in [2.75, 3.05) is 33.8 Å². The number of hydrogen-bond acceptors (Lipinski definition) is 4. The van der Waals surface area contributed by atoms with Crippen LogP contribution in [0.1, 0.15) is 24.4 Å². The molecule has 1 fully saturated rings. The molecule has 20 heavy (non-hydrogen) atoms.